The summed E-state index contributed by atoms with van der Waals surface area (Å²) in [6.45, 7) is 0. The smallest absolute Gasteiger partial charge is 0.252 e. The molecule has 1 unspecified atom stereocenters. The van der Waals surface area contributed by atoms with Crippen LogP contribution in [0.3, 0.4) is 0 Å². The first-order valence-electron chi connectivity index (χ1n) is 3.68. The molecule has 0 aromatic heterocycles. The third-order valence-electron chi connectivity index (χ3n) is 1.61. The monoisotopic (exact) mass is 233 g/mol. The molecular weight excluding hydrogens is 226 g/mol. The SMILES string of the molecule is CNC(=O)c1cc(S(=O)O)ccc1Cl. The van der Waals surface area contributed by atoms with Gasteiger partial charge in [-0.15, -0.1) is 0 Å². The Hall–Kier alpha value is -0.910. The van der Waals surface area contributed by atoms with Gasteiger partial charge in [-0.3, -0.25) is 4.79 Å². The fourth-order valence-corrected chi connectivity index (χ4v) is 1.53. The molecule has 76 valence electrons. The highest BCUT2D eigenvalue weighted by Gasteiger charge is 2.11. The summed E-state index contributed by atoms with van der Waals surface area (Å²) in [7, 11) is 1.46. The number of rotatable bonds is 2. The van der Waals surface area contributed by atoms with Crippen LogP contribution in [0.2, 0.25) is 5.02 Å². The van der Waals surface area contributed by atoms with Gasteiger partial charge in [-0.2, -0.15) is 0 Å². The maximum atomic E-state index is 11.2. The molecule has 0 saturated carbocycles. The van der Waals surface area contributed by atoms with E-state index in [0.29, 0.717) is 0 Å². The van der Waals surface area contributed by atoms with E-state index in [1.54, 1.807) is 0 Å². The van der Waals surface area contributed by atoms with Crippen LogP contribution in [0.25, 0.3) is 0 Å². The van der Waals surface area contributed by atoms with E-state index in [0.717, 1.165) is 0 Å². The van der Waals surface area contributed by atoms with E-state index in [2.05, 4.69) is 5.32 Å². The van der Waals surface area contributed by atoms with E-state index in [4.69, 9.17) is 16.2 Å². The minimum absolute atomic E-state index is 0.146. The molecule has 0 saturated heterocycles. The quantitative estimate of drug-likeness (QED) is 0.757. The van der Waals surface area contributed by atoms with Crippen LogP contribution in [-0.2, 0) is 11.1 Å². The van der Waals surface area contributed by atoms with Gasteiger partial charge in [0.1, 0.15) is 0 Å². The third kappa shape index (κ3) is 2.31. The van der Waals surface area contributed by atoms with Crippen LogP contribution >= 0.6 is 11.6 Å². The average Bonchev–Trinajstić information content (AvgIpc) is 2.17. The zero-order valence-electron chi connectivity index (χ0n) is 7.28. The number of carbonyl (C=O) groups excluding carboxylic acids is 1. The van der Waals surface area contributed by atoms with Crippen molar-refractivity contribution in [3.8, 4) is 0 Å². The Morgan fingerprint density at radius 1 is 1.57 bits per heavy atom. The van der Waals surface area contributed by atoms with Gasteiger partial charge in [-0.05, 0) is 18.2 Å². The molecule has 0 bridgehead atoms. The fraction of sp³-hybridized carbons (Fsp3) is 0.125. The normalized spacial score (nSPS) is 12.2. The molecule has 0 spiro atoms. The highest BCUT2D eigenvalue weighted by atomic mass is 35.5. The van der Waals surface area contributed by atoms with Crippen LogP contribution < -0.4 is 5.32 Å². The first kappa shape index (κ1) is 11.2. The third-order valence-corrected chi connectivity index (χ3v) is 2.60. The van der Waals surface area contributed by atoms with Crippen LogP contribution in [0.5, 0.6) is 0 Å². The summed E-state index contributed by atoms with van der Waals surface area (Å²) >= 11 is 3.63. The highest BCUT2D eigenvalue weighted by Crippen LogP contribution is 2.18. The van der Waals surface area contributed by atoms with Crippen LogP contribution in [0.1, 0.15) is 10.4 Å². The van der Waals surface area contributed by atoms with Gasteiger partial charge in [0.05, 0.1) is 15.5 Å². The van der Waals surface area contributed by atoms with Gasteiger partial charge in [0.2, 0.25) is 0 Å². The Morgan fingerprint density at radius 2 is 2.21 bits per heavy atom. The highest BCUT2D eigenvalue weighted by molar-refractivity contribution is 7.79. The summed E-state index contributed by atoms with van der Waals surface area (Å²) in [4.78, 5) is 11.4. The first-order chi connectivity index (χ1) is 6.56. The topological polar surface area (TPSA) is 66.4 Å². The van der Waals surface area contributed by atoms with Crippen molar-refractivity contribution in [2.45, 2.75) is 4.90 Å². The molecule has 0 heterocycles. The summed E-state index contributed by atoms with van der Waals surface area (Å²) in [5.41, 5.74) is 0.189. The Labute approximate surface area is 88.6 Å². The number of amides is 1. The molecule has 1 amide bonds. The first-order valence-corrected chi connectivity index (χ1v) is 5.17. The molecule has 0 radical (unpaired) electrons. The molecule has 1 aromatic carbocycles. The lowest BCUT2D eigenvalue weighted by Gasteiger charge is -2.03. The second-order valence-corrected chi connectivity index (χ2v) is 3.85. The molecule has 1 rings (SSSR count). The van der Waals surface area contributed by atoms with Crippen molar-refractivity contribution in [3.63, 3.8) is 0 Å². The van der Waals surface area contributed by atoms with E-state index >= 15 is 0 Å². The number of nitrogens with one attached hydrogen (secondary N) is 1. The van der Waals surface area contributed by atoms with E-state index in [-0.39, 0.29) is 21.4 Å². The second-order valence-electron chi connectivity index (χ2n) is 2.47. The van der Waals surface area contributed by atoms with Crippen molar-refractivity contribution in [3.05, 3.63) is 28.8 Å². The van der Waals surface area contributed by atoms with E-state index in [1.165, 1.54) is 25.2 Å². The Balaban J connectivity index is 3.21. The molecule has 1 aromatic rings. The van der Waals surface area contributed by atoms with Gasteiger partial charge in [-0.1, -0.05) is 11.6 Å². The average molecular weight is 234 g/mol. The number of halogens is 1. The summed E-state index contributed by atoms with van der Waals surface area (Å²) in [5.74, 6) is -0.387. The Morgan fingerprint density at radius 3 is 2.71 bits per heavy atom. The van der Waals surface area contributed by atoms with Crippen LogP contribution in [0.15, 0.2) is 23.1 Å². The van der Waals surface area contributed by atoms with Crippen LogP contribution in [-0.4, -0.2) is 21.7 Å². The van der Waals surface area contributed by atoms with Gasteiger partial charge in [-0.25, -0.2) is 4.21 Å². The van der Waals surface area contributed by atoms with Crippen molar-refractivity contribution in [2.75, 3.05) is 7.05 Å². The number of hydrogen-bond acceptors (Lipinski definition) is 2. The van der Waals surface area contributed by atoms with Gasteiger partial charge in [0.15, 0.2) is 11.1 Å². The minimum Gasteiger partial charge on any atom is -0.355 e. The summed E-state index contributed by atoms with van der Waals surface area (Å²) in [6, 6.07) is 4.09. The standard InChI is InChI=1S/C8H8ClNO3S/c1-10-8(11)6-4-5(14(12)13)2-3-7(6)9/h2-4H,1H3,(H,10,11)(H,12,13). The van der Waals surface area contributed by atoms with Crippen LogP contribution in [0.4, 0.5) is 0 Å². The zero-order chi connectivity index (χ0) is 10.7. The van der Waals surface area contributed by atoms with E-state index in [1.807, 2.05) is 0 Å². The summed E-state index contributed by atoms with van der Waals surface area (Å²) in [5, 5.41) is 2.63. The largest absolute Gasteiger partial charge is 0.355 e. The number of carbonyl (C=O) groups is 1. The van der Waals surface area contributed by atoms with Crippen molar-refractivity contribution < 1.29 is 13.6 Å². The van der Waals surface area contributed by atoms with Crippen molar-refractivity contribution in [2.24, 2.45) is 0 Å². The maximum Gasteiger partial charge on any atom is 0.252 e. The molecule has 0 aliphatic heterocycles. The fourth-order valence-electron chi connectivity index (χ4n) is 0.922. The lowest BCUT2D eigenvalue weighted by molar-refractivity contribution is 0.0963. The maximum absolute atomic E-state index is 11.2. The zero-order valence-corrected chi connectivity index (χ0v) is 8.85. The van der Waals surface area contributed by atoms with Gasteiger partial charge in [0.25, 0.3) is 5.91 Å². The van der Waals surface area contributed by atoms with Crippen molar-refractivity contribution >= 4 is 28.6 Å². The van der Waals surface area contributed by atoms with Gasteiger partial charge >= 0.3 is 0 Å². The molecule has 0 fully saturated rings. The van der Waals surface area contributed by atoms with E-state index < -0.39 is 11.1 Å². The predicted molar refractivity (Wildman–Crippen MR) is 53.9 cm³/mol. The van der Waals surface area contributed by atoms with Crippen molar-refractivity contribution in [1.29, 1.82) is 0 Å². The lowest BCUT2D eigenvalue weighted by Crippen LogP contribution is -2.18. The predicted octanol–water partition coefficient (Wildman–Crippen LogP) is 1.28. The molecule has 1 atom stereocenters. The Kier molecular flexibility index (Phi) is 3.62. The molecular formula is C8H8ClNO3S. The van der Waals surface area contributed by atoms with Gasteiger partial charge < -0.3 is 9.87 Å². The summed E-state index contributed by atoms with van der Waals surface area (Å²) < 4.78 is 19.5. The molecule has 14 heavy (non-hydrogen) atoms. The second kappa shape index (κ2) is 4.54. The lowest BCUT2D eigenvalue weighted by atomic mass is 10.2. The Bertz CT molecular complexity index is 394. The number of benzene rings is 1. The molecule has 0 aliphatic carbocycles. The van der Waals surface area contributed by atoms with Crippen molar-refractivity contribution in [1.82, 2.24) is 5.32 Å². The van der Waals surface area contributed by atoms with E-state index in [9.17, 15) is 9.00 Å². The summed E-state index contributed by atoms with van der Waals surface area (Å²) in [6.07, 6.45) is 0. The van der Waals surface area contributed by atoms with Gasteiger partial charge in [0, 0.05) is 7.05 Å². The molecule has 4 nitrogen and oxygen atoms in total. The number of hydrogen-bond donors (Lipinski definition) is 2. The minimum atomic E-state index is -2.10. The van der Waals surface area contributed by atoms with Crippen LogP contribution in [0, 0.1) is 0 Å². The molecule has 0 aliphatic rings. The molecule has 6 heteroatoms. The molecule has 2 N–H and O–H groups in total.